The van der Waals surface area contributed by atoms with Gasteiger partial charge in [0.05, 0.1) is 0 Å². The molecule has 1 N–H and O–H groups in total. The Balaban J connectivity index is 1.61. The topological polar surface area (TPSA) is 68.2 Å². The van der Waals surface area contributed by atoms with Crippen molar-refractivity contribution < 1.29 is 50.5 Å². The number of carboxylic acid groups (broad SMARTS) is 1. The summed E-state index contributed by atoms with van der Waals surface area (Å²) in [5, 5.41) is 9.65. The molecule has 6 nitrogen and oxygen atoms in total. The minimum atomic E-state index is -4.89. The zero-order valence-corrected chi connectivity index (χ0v) is 21.6. The Hall–Kier alpha value is -4.87. The molecular formula is C30H23F6NO5. The molecule has 0 fully saturated rings. The summed E-state index contributed by atoms with van der Waals surface area (Å²) < 4.78 is 90.3. The maximum Gasteiger partial charge on any atom is 0.573 e. The number of ether oxygens (including phenoxy) is 3. The van der Waals surface area contributed by atoms with Crippen molar-refractivity contribution in [3.05, 3.63) is 120 Å². The second kappa shape index (κ2) is 12.8. The number of alkyl halides is 6. The van der Waals surface area contributed by atoms with Gasteiger partial charge in [-0.25, -0.2) is 4.79 Å². The van der Waals surface area contributed by atoms with Crippen molar-refractivity contribution in [3.8, 4) is 17.2 Å². The van der Waals surface area contributed by atoms with E-state index in [1.807, 2.05) is 0 Å². The molecule has 0 aliphatic carbocycles. The summed E-state index contributed by atoms with van der Waals surface area (Å²) in [7, 11) is 0. The highest BCUT2D eigenvalue weighted by Crippen LogP contribution is 2.30. The molecule has 1 atom stereocenters. The Bertz CT molecular complexity index is 1410. The molecule has 12 heteroatoms. The largest absolute Gasteiger partial charge is 0.573 e. The molecule has 0 saturated heterocycles. The highest BCUT2D eigenvalue weighted by molar-refractivity contribution is 5.74. The van der Waals surface area contributed by atoms with E-state index >= 15 is 0 Å². The van der Waals surface area contributed by atoms with E-state index in [-0.39, 0.29) is 18.8 Å². The Morgan fingerprint density at radius 3 is 1.62 bits per heavy atom. The lowest BCUT2D eigenvalue weighted by molar-refractivity contribution is -0.275. The molecule has 0 amide bonds. The van der Waals surface area contributed by atoms with Crippen LogP contribution in [0, 0.1) is 0 Å². The van der Waals surface area contributed by atoms with Crippen LogP contribution in [0.1, 0.15) is 22.8 Å². The lowest BCUT2D eigenvalue weighted by Gasteiger charge is -2.26. The maximum absolute atomic E-state index is 12.8. The van der Waals surface area contributed by atoms with Crippen LogP contribution in [0.2, 0.25) is 0 Å². The van der Waals surface area contributed by atoms with Crippen LogP contribution in [0.4, 0.5) is 32.0 Å². The lowest BCUT2D eigenvalue weighted by atomic mass is 10.1. The molecule has 4 rings (SSSR count). The lowest BCUT2D eigenvalue weighted by Crippen LogP contribution is -2.23. The van der Waals surface area contributed by atoms with E-state index < -0.39 is 36.3 Å². The Labute approximate surface area is 236 Å². The number of aliphatic carboxylic acids is 1. The van der Waals surface area contributed by atoms with Crippen molar-refractivity contribution in [1.82, 2.24) is 0 Å². The summed E-state index contributed by atoms with van der Waals surface area (Å²) >= 11 is 0. The van der Waals surface area contributed by atoms with Crippen LogP contribution < -0.4 is 19.1 Å². The normalized spacial score (nSPS) is 12.3. The maximum atomic E-state index is 12.8. The number of hydrogen-bond donors (Lipinski definition) is 1. The van der Waals surface area contributed by atoms with E-state index in [0.717, 1.165) is 12.1 Å². The third-order valence-corrected chi connectivity index (χ3v) is 5.79. The van der Waals surface area contributed by atoms with E-state index in [9.17, 15) is 36.2 Å². The van der Waals surface area contributed by atoms with E-state index in [1.54, 1.807) is 59.5 Å². The van der Waals surface area contributed by atoms with Gasteiger partial charge in [-0.15, -0.1) is 26.3 Å². The van der Waals surface area contributed by atoms with Gasteiger partial charge in [0, 0.05) is 24.3 Å². The Kier molecular flexibility index (Phi) is 9.14. The van der Waals surface area contributed by atoms with Crippen LogP contribution in [0.25, 0.3) is 0 Å². The molecular weight excluding hydrogens is 568 g/mol. The molecule has 4 aromatic rings. The molecule has 0 aliphatic rings. The summed E-state index contributed by atoms with van der Waals surface area (Å²) in [6, 6.07) is 25.2. The van der Waals surface area contributed by atoms with Crippen molar-refractivity contribution in [1.29, 1.82) is 0 Å². The van der Waals surface area contributed by atoms with Crippen LogP contribution in [0.15, 0.2) is 103 Å². The van der Waals surface area contributed by atoms with Crippen molar-refractivity contribution >= 4 is 11.7 Å². The number of benzene rings is 4. The highest BCUT2D eigenvalue weighted by atomic mass is 19.4. The van der Waals surface area contributed by atoms with Crippen molar-refractivity contribution in [2.45, 2.75) is 31.9 Å². The molecule has 220 valence electrons. The first-order valence-corrected chi connectivity index (χ1v) is 12.3. The summed E-state index contributed by atoms with van der Waals surface area (Å²) in [5.41, 5.74) is 1.81. The molecule has 0 bridgehead atoms. The first-order chi connectivity index (χ1) is 19.8. The van der Waals surface area contributed by atoms with Crippen LogP contribution in [-0.4, -0.2) is 23.8 Å². The molecule has 4 aromatic carbocycles. The first-order valence-electron chi connectivity index (χ1n) is 12.3. The number of halogens is 6. The van der Waals surface area contributed by atoms with Gasteiger partial charge < -0.3 is 24.2 Å². The quantitative estimate of drug-likeness (QED) is 0.179. The van der Waals surface area contributed by atoms with Crippen LogP contribution in [0.5, 0.6) is 17.2 Å². The van der Waals surface area contributed by atoms with Gasteiger partial charge in [-0.05, 0) is 59.7 Å². The number of carboxylic acids is 1. The van der Waals surface area contributed by atoms with Gasteiger partial charge in [0.2, 0.25) is 6.10 Å². The third kappa shape index (κ3) is 9.08. The van der Waals surface area contributed by atoms with Crippen molar-refractivity contribution in [2.75, 3.05) is 4.90 Å². The van der Waals surface area contributed by atoms with E-state index in [0.29, 0.717) is 22.4 Å². The third-order valence-electron chi connectivity index (χ3n) is 5.79. The second-order valence-electron chi connectivity index (χ2n) is 8.99. The fourth-order valence-electron chi connectivity index (χ4n) is 4.12. The fraction of sp³-hybridized carbons (Fsp3) is 0.167. The minimum Gasteiger partial charge on any atom is -0.478 e. The molecule has 1 unspecified atom stereocenters. The van der Waals surface area contributed by atoms with Crippen LogP contribution in [0.3, 0.4) is 0 Å². The predicted molar refractivity (Wildman–Crippen MR) is 140 cm³/mol. The number of hydrogen-bond acceptors (Lipinski definition) is 5. The molecule has 0 saturated carbocycles. The van der Waals surface area contributed by atoms with Gasteiger partial charge >= 0.3 is 18.7 Å². The SMILES string of the molecule is O=C(O)C(Oc1ccc(N(Cc2cccc(OC(F)(F)F)c2)Cc2cccc(OC(F)(F)F)c2)cc1)c1ccccc1. The molecule has 0 spiro atoms. The van der Waals surface area contributed by atoms with Crippen LogP contribution >= 0.6 is 0 Å². The summed E-state index contributed by atoms with van der Waals surface area (Å²) in [6.45, 7) is 0.0861. The second-order valence-corrected chi connectivity index (χ2v) is 8.99. The summed E-state index contributed by atoms with van der Waals surface area (Å²) in [6.07, 6.45) is -11.1. The molecule has 42 heavy (non-hydrogen) atoms. The molecule has 0 heterocycles. The summed E-state index contributed by atoms with van der Waals surface area (Å²) in [4.78, 5) is 13.5. The fourth-order valence-corrected chi connectivity index (χ4v) is 4.12. The van der Waals surface area contributed by atoms with Gasteiger partial charge in [-0.2, -0.15) is 0 Å². The predicted octanol–water partition coefficient (Wildman–Crippen LogP) is 7.90. The van der Waals surface area contributed by atoms with E-state index in [1.165, 1.54) is 36.4 Å². The molecule has 0 radical (unpaired) electrons. The van der Waals surface area contributed by atoms with Gasteiger partial charge in [-0.1, -0.05) is 54.6 Å². The minimum absolute atomic E-state index is 0.0430. The first kappa shape index (κ1) is 30.1. The van der Waals surface area contributed by atoms with Gasteiger partial charge in [0.25, 0.3) is 0 Å². The zero-order valence-electron chi connectivity index (χ0n) is 21.6. The summed E-state index contributed by atoms with van der Waals surface area (Å²) in [5.74, 6) is -1.82. The Morgan fingerprint density at radius 2 is 1.17 bits per heavy atom. The number of carbonyl (C=O) groups is 1. The van der Waals surface area contributed by atoms with Crippen LogP contribution in [-0.2, 0) is 17.9 Å². The van der Waals surface area contributed by atoms with Gasteiger partial charge in [-0.3, -0.25) is 0 Å². The average Bonchev–Trinajstić information content (AvgIpc) is 2.90. The van der Waals surface area contributed by atoms with Crippen molar-refractivity contribution in [3.63, 3.8) is 0 Å². The number of nitrogens with zero attached hydrogens (tertiary/aromatic N) is 1. The Morgan fingerprint density at radius 1 is 0.667 bits per heavy atom. The highest BCUT2D eigenvalue weighted by Gasteiger charge is 2.32. The standard InChI is InChI=1S/C30H23F6NO5/c31-29(32,33)41-25-10-4-6-20(16-25)18-37(19-21-7-5-11-26(17-21)42-30(34,35)36)23-12-14-24(15-13-23)40-27(28(38)39)22-8-2-1-3-9-22/h1-17,27H,18-19H2,(H,38,39). The monoisotopic (exact) mass is 591 g/mol. The van der Waals surface area contributed by atoms with E-state index in [4.69, 9.17) is 4.74 Å². The van der Waals surface area contributed by atoms with Gasteiger partial charge in [0.15, 0.2) is 0 Å². The number of anilines is 1. The number of rotatable bonds is 11. The molecule has 0 aromatic heterocycles. The average molecular weight is 592 g/mol. The van der Waals surface area contributed by atoms with Gasteiger partial charge in [0.1, 0.15) is 17.2 Å². The zero-order chi connectivity index (χ0) is 30.3. The van der Waals surface area contributed by atoms with Crippen molar-refractivity contribution in [2.24, 2.45) is 0 Å². The van der Waals surface area contributed by atoms with E-state index in [2.05, 4.69) is 9.47 Å². The molecule has 0 aliphatic heterocycles. The smallest absolute Gasteiger partial charge is 0.478 e.